The van der Waals surface area contributed by atoms with Gasteiger partial charge in [0.2, 0.25) is 0 Å². The van der Waals surface area contributed by atoms with Crippen LogP contribution in [0.5, 0.6) is 11.5 Å². The summed E-state index contributed by atoms with van der Waals surface area (Å²) in [4.78, 5) is 11.1. The van der Waals surface area contributed by atoms with Gasteiger partial charge >= 0.3 is 5.97 Å². The molecule has 0 heterocycles. The van der Waals surface area contributed by atoms with Crippen molar-refractivity contribution in [2.24, 2.45) is 0 Å². The third-order valence-electron chi connectivity index (χ3n) is 6.15. The zero-order valence-corrected chi connectivity index (χ0v) is 19.5. The number of carbonyl (C=O) groups is 1. The molecule has 2 unspecified atom stereocenters. The minimum atomic E-state index is -0.977. The van der Waals surface area contributed by atoms with Crippen LogP contribution in [0.25, 0.3) is 10.8 Å². The molecule has 0 radical (unpaired) electrons. The van der Waals surface area contributed by atoms with Crippen LogP contribution in [0.4, 0.5) is 5.69 Å². The number of hydrogen-bond donors (Lipinski definition) is 4. The molecular weight excluding hydrogens is 442 g/mol. The average molecular weight is 472 g/mol. The number of benzene rings is 4. The Bertz CT molecular complexity index is 1280. The van der Waals surface area contributed by atoms with Crippen LogP contribution in [-0.2, 0) is 6.42 Å². The Labute approximate surface area is 204 Å². The highest BCUT2D eigenvalue weighted by Gasteiger charge is 2.17. The topological polar surface area (TPSA) is 99.0 Å². The smallest absolute Gasteiger partial charge is 0.335 e. The van der Waals surface area contributed by atoms with Crippen molar-refractivity contribution in [3.05, 3.63) is 102 Å². The number of carboxylic acid groups (broad SMARTS) is 1. The van der Waals surface area contributed by atoms with Crippen LogP contribution in [0.3, 0.4) is 0 Å². The predicted molar refractivity (Wildman–Crippen MR) is 137 cm³/mol. The summed E-state index contributed by atoms with van der Waals surface area (Å²) in [5, 5.41) is 35.3. The van der Waals surface area contributed by atoms with Gasteiger partial charge in [0.25, 0.3) is 0 Å². The van der Waals surface area contributed by atoms with Gasteiger partial charge < -0.3 is 25.4 Å². The molecule has 0 aromatic heterocycles. The fourth-order valence-electron chi connectivity index (χ4n) is 4.17. The molecule has 6 nitrogen and oxygen atoms in total. The second-order valence-corrected chi connectivity index (χ2v) is 8.65. The molecule has 4 N–H and O–H groups in total. The fourth-order valence-corrected chi connectivity index (χ4v) is 4.17. The van der Waals surface area contributed by atoms with E-state index in [-0.39, 0.29) is 17.4 Å². The lowest BCUT2D eigenvalue weighted by Gasteiger charge is -2.23. The summed E-state index contributed by atoms with van der Waals surface area (Å²) in [7, 11) is 1.66. The first kappa shape index (κ1) is 24.1. The largest absolute Gasteiger partial charge is 0.508 e. The van der Waals surface area contributed by atoms with Gasteiger partial charge in [-0.05, 0) is 89.7 Å². The Morgan fingerprint density at radius 3 is 2.29 bits per heavy atom. The van der Waals surface area contributed by atoms with E-state index in [1.165, 1.54) is 0 Å². The van der Waals surface area contributed by atoms with Crippen LogP contribution in [0.2, 0.25) is 0 Å². The van der Waals surface area contributed by atoms with Gasteiger partial charge in [-0.1, -0.05) is 36.4 Å². The first-order valence-electron chi connectivity index (χ1n) is 11.5. The van der Waals surface area contributed by atoms with Crippen LogP contribution in [0, 0.1) is 0 Å². The molecule has 4 aromatic rings. The number of aryl methyl sites for hydroxylation is 1. The van der Waals surface area contributed by atoms with Crippen molar-refractivity contribution in [1.29, 1.82) is 0 Å². The van der Waals surface area contributed by atoms with E-state index in [2.05, 4.69) is 23.5 Å². The van der Waals surface area contributed by atoms with Crippen LogP contribution >= 0.6 is 0 Å². The predicted octanol–water partition coefficient (Wildman–Crippen LogP) is 5.79. The molecule has 6 heteroatoms. The summed E-state index contributed by atoms with van der Waals surface area (Å²) in [5.74, 6) is 0.0220. The minimum absolute atomic E-state index is 0.174. The first-order chi connectivity index (χ1) is 16.9. The number of ether oxygens (including phenoxy) is 1. The number of aliphatic hydroxyl groups excluding tert-OH is 1. The van der Waals surface area contributed by atoms with Gasteiger partial charge in [0, 0.05) is 5.69 Å². The minimum Gasteiger partial charge on any atom is -0.508 e. The lowest BCUT2D eigenvalue weighted by Crippen LogP contribution is -2.19. The molecule has 0 aliphatic rings. The number of carboxylic acids is 1. The monoisotopic (exact) mass is 471 g/mol. The maximum atomic E-state index is 11.1. The molecule has 0 amide bonds. The van der Waals surface area contributed by atoms with Crippen LogP contribution in [-0.4, -0.2) is 34.5 Å². The van der Waals surface area contributed by atoms with Crippen molar-refractivity contribution in [1.82, 2.24) is 0 Å². The number of aromatic hydroxyl groups is 1. The second-order valence-electron chi connectivity index (χ2n) is 8.65. The Hall–Kier alpha value is -4.03. The number of rotatable bonds is 10. The van der Waals surface area contributed by atoms with Crippen molar-refractivity contribution in [3.8, 4) is 11.5 Å². The lowest BCUT2D eigenvalue weighted by molar-refractivity contribution is 0.0697. The van der Waals surface area contributed by atoms with Crippen molar-refractivity contribution in [2.45, 2.75) is 31.4 Å². The van der Waals surface area contributed by atoms with Crippen LogP contribution in [0.15, 0.2) is 84.9 Å². The highest BCUT2D eigenvalue weighted by Crippen LogP contribution is 2.28. The fraction of sp³-hybridized carbons (Fsp3) is 0.207. The maximum Gasteiger partial charge on any atom is 0.335 e. The van der Waals surface area contributed by atoms with E-state index in [9.17, 15) is 15.0 Å². The molecular formula is C29H29NO5. The van der Waals surface area contributed by atoms with E-state index in [0.29, 0.717) is 12.8 Å². The van der Waals surface area contributed by atoms with Gasteiger partial charge in [-0.15, -0.1) is 0 Å². The summed E-state index contributed by atoms with van der Waals surface area (Å²) >= 11 is 0. The maximum absolute atomic E-state index is 11.1. The number of phenols is 1. The Morgan fingerprint density at radius 1 is 0.914 bits per heavy atom. The molecule has 2 atom stereocenters. The molecule has 0 aliphatic heterocycles. The molecule has 0 saturated heterocycles. The molecule has 4 aromatic carbocycles. The number of methoxy groups -OCH3 is 1. The highest BCUT2D eigenvalue weighted by atomic mass is 16.5. The zero-order chi connectivity index (χ0) is 24.8. The van der Waals surface area contributed by atoms with Crippen LogP contribution < -0.4 is 10.1 Å². The molecule has 4 rings (SSSR count). The Balaban J connectivity index is 1.44. The quantitative estimate of drug-likeness (QED) is 0.234. The van der Waals surface area contributed by atoms with Gasteiger partial charge in [-0.3, -0.25) is 0 Å². The van der Waals surface area contributed by atoms with E-state index >= 15 is 0 Å². The van der Waals surface area contributed by atoms with Gasteiger partial charge in [0.15, 0.2) is 0 Å². The molecule has 0 aliphatic carbocycles. The van der Waals surface area contributed by atoms with E-state index in [1.54, 1.807) is 43.5 Å². The normalized spacial score (nSPS) is 12.7. The first-order valence-corrected chi connectivity index (χ1v) is 11.5. The summed E-state index contributed by atoms with van der Waals surface area (Å²) in [6, 6.07) is 25.5. The molecule has 180 valence electrons. The summed E-state index contributed by atoms with van der Waals surface area (Å²) < 4.78 is 5.29. The van der Waals surface area contributed by atoms with Crippen molar-refractivity contribution in [2.75, 3.05) is 12.4 Å². The van der Waals surface area contributed by atoms with Gasteiger partial charge in [-0.2, -0.15) is 0 Å². The number of aliphatic hydroxyl groups is 1. The van der Waals surface area contributed by atoms with Crippen molar-refractivity contribution >= 4 is 22.4 Å². The standard InChI is InChI=1S/C29H29NO5/c1-35-27-15-9-22-16-19(2-4-23(22)17-27)3-12-26(32)18-28(20-7-13-25(31)14-8-20)30-24-10-5-21(6-11-24)29(33)34/h2,4-11,13-17,26,28,30-32H,3,12,18H2,1H3,(H,33,34). The molecule has 0 spiro atoms. The number of nitrogens with one attached hydrogen (secondary N) is 1. The molecule has 35 heavy (non-hydrogen) atoms. The van der Waals surface area contributed by atoms with Gasteiger partial charge in [0.05, 0.1) is 24.8 Å². The third-order valence-corrected chi connectivity index (χ3v) is 6.15. The summed E-state index contributed by atoms with van der Waals surface area (Å²) in [6.07, 6.45) is 1.22. The van der Waals surface area contributed by atoms with Crippen molar-refractivity contribution < 1.29 is 24.9 Å². The van der Waals surface area contributed by atoms with Crippen LogP contribution in [0.1, 0.15) is 40.4 Å². The van der Waals surface area contributed by atoms with Gasteiger partial charge in [0.1, 0.15) is 11.5 Å². The lowest BCUT2D eigenvalue weighted by atomic mass is 9.96. The Morgan fingerprint density at radius 2 is 1.60 bits per heavy atom. The molecule has 0 bridgehead atoms. The number of hydrogen-bond acceptors (Lipinski definition) is 5. The average Bonchev–Trinajstić information content (AvgIpc) is 2.87. The van der Waals surface area contributed by atoms with Gasteiger partial charge in [-0.25, -0.2) is 4.79 Å². The highest BCUT2D eigenvalue weighted by molar-refractivity contribution is 5.88. The third kappa shape index (κ3) is 6.31. The number of aromatic carboxylic acids is 1. The second kappa shape index (κ2) is 10.9. The molecule has 0 fully saturated rings. The number of anilines is 1. The van der Waals surface area contributed by atoms with E-state index < -0.39 is 12.1 Å². The number of phenolic OH excluding ortho intramolecular Hbond substituents is 1. The van der Waals surface area contributed by atoms with E-state index in [0.717, 1.165) is 39.8 Å². The number of fused-ring (bicyclic) bond motifs is 1. The summed E-state index contributed by atoms with van der Waals surface area (Å²) in [5.41, 5.74) is 3.04. The SMILES string of the molecule is COc1ccc2cc(CCC(O)CC(Nc3ccc(C(=O)O)cc3)c3ccc(O)cc3)ccc2c1. The zero-order valence-electron chi connectivity index (χ0n) is 19.5. The van der Waals surface area contributed by atoms with Crippen molar-refractivity contribution in [3.63, 3.8) is 0 Å². The summed E-state index contributed by atoms with van der Waals surface area (Å²) in [6.45, 7) is 0. The molecule has 0 saturated carbocycles. The Kier molecular flexibility index (Phi) is 7.53. The van der Waals surface area contributed by atoms with E-state index in [1.807, 2.05) is 30.3 Å². The van der Waals surface area contributed by atoms with E-state index in [4.69, 9.17) is 9.84 Å².